The van der Waals surface area contributed by atoms with E-state index in [4.69, 9.17) is 0 Å². The zero-order valence-corrected chi connectivity index (χ0v) is 13.2. The molecule has 0 bridgehead atoms. The highest BCUT2D eigenvalue weighted by atomic mass is 32.2. The van der Waals surface area contributed by atoms with Crippen LogP contribution in [-0.2, 0) is 23.0 Å². The Morgan fingerprint density at radius 2 is 1.95 bits per heavy atom. The van der Waals surface area contributed by atoms with E-state index in [0.29, 0.717) is 4.90 Å². The summed E-state index contributed by atoms with van der Waals surface area (Å²) >= 11 is 1.46. The number of aromatic nitrogens is 1. The largest absolute Gasteiger partial charge is 0.245 e. The maximum Gasteiger partial charge on any atom is 0.240 e. The number of hydrogen-bond acceptors (Lipinski definition) is 4. The number of rotatable bonds is 6. The average Bonchev–Trinajstić information content (AvgIpc) is 2.84. The zero-order valence-electron chi connectivity index (χ0n) is 11.6. The Labute approximate surface area is 123 Å². The molecule has 2 rings (SSSR count). The molecule has 6 heteroatoms. The zero-order chi connectivity index (χ0) is 14.6. The number of sulfonamides is 1. The van der Waals surface area contributed by atoms with Crippen molar-refractivity contribution in [3.05, 3.63) is 45.9 Å². The fraction of sp³-hybridized carbons (Fsp3) is 0.357. The minimum absolute atomic E-state index is 0.234. The molecule has 108 valence electrons. The summed E-state index contributed by atoms with van der Waals surface area (Å²) in [6.45, 7) is 4.22. The first-order valence-electron chi connectivity index (χ1n) is 6.51. The number of nitrogens with zero attached hydrogens (tertiary/aromatic N) is 1. The number of nitrogens with one attached hydrogen (secondary N) is 1. The van der Waals surface area contributed by atoms with Gasteiger partial charge < -0.3 is 0 Å². The van der Waals surface area contributed by atoms with Crippen molar-refractivity contribution in [2.45, 2.75) is 38.1 Å². The van der Waals surface area contributed by atoms with E-state index in [0.717, 1.165) is 29.1 Å². The molecule has 0 amide bonds. The molecule has 1 aromatic carbocycles. The summed E-state index contributed by atoms with van der Waals surface area (Å²) in [6.07, 6.45) is 2.01. The van der Waals surface area contributed by atoms with Gasteiger partial charge in [-0.3, -0.25) is 0 Å². The first kappa shape index (κ1) is 15.2. The van der Waals surface area contributed by atoms with Crippen LogP contribution in [-0.4, -0.2) is 13.4 Å². The van der Waals surface area contributed by atoms with Gasteiger partial charge in [-0.1, -0.05) is 25.5 Å². The number of benzene rings is 1. The van der Waals surface area contributed by atoms with E-state index < -0.39 is 10.0 Å². The molecule has 20 heavy (non-hydrogen) atoms. The average molecular weight is 310 g/mol. The third kappa shape index (κ3) is 3.88. The van der Waals surface area contributed by atoms with Crippen molar-refractivity contribution in [1.29, 1.82) is 0 Å². The SMILES string of the molecule is CCCc1ccc(S(=O)(=O)NCc2nc(C)cs2)cc1. The second kappa shape index (κ2) is 6.47. The second-order valence-electron chi connectivity index (χ2n) is 4.60. The lowest BCUT2D eigenvalue weighted by Gasteiger charge is -2.06. The molecule has 0 aliphatic heterocycles. The molecule has 0 saturated heterocycles. The van der Waals surface area contributed by atoms with Gasteiger partial charge in [-0.25, -0.2) is 18.1 Å². The van der Waals surface area contributed by atoms with Crippen LogP contribution >= 0.6 is 11.3 Å². The van der Waals surface area contributed by atoms with E-state index in [9.17, 15) is 8.42 Å². The summed E-state index contributed by atoms with van der Waals surface area (Å²) < 4.78 is 26.9. The van der Waals surface area contributed by atoms with Crippen LogP contribution in [0.2, 0.25) is 0 Å². The second-order valence-corrected chi connectivity index (χ2v) is 7.31. The summed E-state index contributed by atoms with van der Waals surface area (Å²) in [5, 5.41) is 2.68. The van der Waals surface area contributed by atoms with Gasteiger partial charge in [-0.15, -0.1) is 11.3 Å². The van der Waals surface area contributed by atoms with Gasteiger partial charge in [-0.2, -0.15) is 0 Å². The van der Waals surface area contributed by atoms with Gasteiger partial charge in [0, 0.05) is 11.1 Å². The van der Waals surface area contributed by atoms with Crippen LogP contribution in [0.4, 0.5) is 0 Å². The van der Waals surface area contributed by atoms with Crippen molar-refractivity contribution in [1.82, 2.24) is 9.71 Å². The third-order valence-corrected chi connectivity index (χ3v) is 5.24. The van der Waals surface area contributed by atoms with Crippen LogP contribution in [0.1, 0.15) is 29.6 Å². The fourth-order valence-corrected chi connectivity index (χ4v) is 3.64. The van der Waals surface area contributed by atoms with Crippen molar-refractivity contribution in [3.63, 3.8) is 0 Å². The first-order chi connectivity index (χ1) is 9.51. The molecule has 0 aliphatic rings. The Morgan fingerprint density at radius 1 is 1.25 bits per heavy atom. The fourth-order valence-electron chi connectivity index (χ4n) is 1.85. The highest BCUT2D eigenvalue weighted by molar-refractivity contribution is 7.89. The third-order valence-electron chi connectivity index (χ3n) is 2.85. The molecule has 0 atom stereocenters. The molecule has 0 unspecified atom stereocenters. The predicted molar refractivity (Wildman–Crippen MR) is 81.3 cm³/mol. The molecule has 4 nitrogen and oxygen atoms in total. The Morgan fingerprint density at radius 3 is 2.50 bits per heavy atom. The van der Waals surface area contributed by atoms with E-state index in [2.05, 4.69) is 16.6 Å². The maximum atomic E-state index is 12.1. The molecule has 0 aliphatic carbocycles. The van der Waals surface area contributed by atoms with Crippen molar-refractivity contribution in [2.75, 3.05) is 0 Å². The van der Waals surface area contributed by atoms with Crippen LogP contribution in [0.5, 0.6) is 0 Å². The minimum Gasteiger partial charge on any atom is -0.245 e. The van der Waals surface area contributed by atoms with Crippen molar-refractivity contribution in [2.24, 2.45) is 0 Å². The van der Waals surface area contributed by atoms with Gasteiger partial charge in [0.1, 0.15) is 5.01 Å². The van der Waals surface area contributed by atoms with Crippen LogP contribution in [0, 0.1) is 6.92 Å². The molecular formula is C14H18N2O2S2. The Bertz CT molecular complexity index is 661. The summed E-state index contributed by atoms with van der Waals surface area (Å²) in [7, 11) is -3.46. The van der Waals surface area contributed by atoms with Gasteiger partial charge in [0.15, 0.2) is 0 Å². The Hall–Kier alpha value is -1.24. The van der Waals surface area contributed by atoms with Gasteiger partial charge >= 0.3 is 0 Å². The summed E-state index contributed by atoms with van der Waals surface area (Å²) in [5.41, 5.74) is 2.06. The molecule has 1 N–H and O–H groups in total. The van der Waals surface area contributed by atoms with E-state index in [-0.39, 0.29) is 6.54 Å². The van der Waals surface area contributed by atoms with Crippen molar-refractivity contribution in [3.8, 4) is 0 Å². The quantitative estimate of drug-likeness (QED) is 0.892. The van der Waals surface area contributed by atoms with Crippen LogP contribution < -0.4 is 4.72 Å². The van der Waals surface area contributed by atoms with Crippen LogP contribution in [0.3, 0.4) is 0 Å². The van der Waals surface area contributed by atoms with Gasteiger partial charge in [0.25, 0.3) is 0 Å². The minimum atomic E-state index is -3.46. The molecule has 0 spiro atoms. The predicted octanol–water partition coefficient (Wildman–Crippen LogP) is 2.88. The number of aryl methyl sites for hydroxylation is 2. The Kier molecular flexibility index (Phi) is 4.91. The first-order valence-corrected chi connectivity index (χ1v) is 8.87. The van der Waals surface area contributed by atoms with Crippen molar-refractivity contribution < 1.29 is 8.42 Å². The van der Waals surface area contributed by atoms with E-state index >= 15 is 0 Å². The highest BCUT2D eigenvalue weighted by Gasteiger charge is 2.14. The molecule has 1 aromatic heterocycles. The Balaban J connectivity index is 2.05. The molecule has 2 aromatic rings. The number of thiazole rings is 1. The maximum absolute atomic E-state index is 12.1. The van der Waals surface area contributed by atoms with E-state index in [1.807, 2.05) is 24.4 Å². The summed E-state index contributed by atoms with van der Waals surface area (Å²) in [6, 6.07) is 7.04. The van der Waals surface area contributed by atoms with Crippen molar-refractivity contribution >= 4 is 21.4 Å². The lowest BCUT2D eigenvalue weighted by atomic mass is 10.1. The summed E-state index contributed by atoms with van der Waals surface area (Å²) in [4.78, 5) is 4.53. The van der Waals surface area contributed by atoms with Gasteiger partial charge in [0.2, 0.25) is 10.0 Å². The van der Waals surface area contributed by atoms with Crippen LogP contribution in [0.15, 0.2) is 34.5 Å². The smallest absolute Gasteiger partial charge is 0.240 e. The van der Waals surface area contributed by atoms with Crippen LogP contribution in [0.25, 0.3) is 0 Å². The normalized spacial score (nSPS) is 11.7. The molecule has 0 saturated carbocycles. The highest BCUT2D eigenvalue weighted by Crippen LogP contribution is 2.13. The molecular weight excluding hydrogens is 292 g/mol. The standard InChI is InChI=1S/C14H18N2O2S2/c1-3-4-12-5-7-13(8-6-12)20(17,18)15-9-14-16-11(2)10-19-14/h5-8,10,15H,3-4,9H2,1-2H3. The molecule has 0 fully saturated rings. The molecule has 1 heterocycles. The molecule has 0 radical (unpaired) electrons. The lowest BCUT2D eigenvalue weighted by molar-refractivity contribution is 0.581. The topological polar surface area (TPSA) is 59.1 Å². The lowest BCUT2D eigenvalue weighted by Crippen LogP contribution is -2.23. The van der Waals surface area contributed by atoms with Gasteiger partial charge in [-0.05, 0) is 31.0 Å². The monoisotopic (exact) mass is 310 g/mol. The van der Waals surface area contributed by atoms with E-state index in [1.54, 1.807) is 12.1 Å². The van der Waals surface area contributed by atoms with E-state index in [1.165, 1.54) is 11.3 Å². The number of hydrogen-bond donors (Lipinski definition) is 1. The van der Waals surface area contributed by atoms with Gasteiger partial charge in [0.05, 0.1) is 11.4 Å². The summed E-state index contributed by atoms with van der Waals surface area (Å²) in [5.74, 6) is 0.